The molecule has 22 heavy (non-hydrogen) atoms. The van der Waals surface area contributed by atoms with Crippen molar-refractivity contribution < 1.29 is 19.7 Å². The van der Waals surface area contributed by atoms with Crippen LogP contribution in [-0.2, 0) is 11.2 Å². The number of carboxylic acid groups (broad SMARTS) is 1. The summed E-state index contributed by atoms with van der Waals surface area (Å²) in [6.45, 7) is 5.52. The molecule has 4 nitrogen and oxygen atoms in total. The lowest BCUT2D eigenvalue weighted by molar-refractivity contribution is -0.139. The summed E-state index contributed by atoms with van der Waals surface area (Å²) >= 11 is 0. The van der Waals surface area contributed by atoms with Crippen LogP contribution in [0, 0.1) is 20.8 Å². The summed E-state index contributed by atoms with van der Waals surface area (Å²) in [5, 5.41) is 18.3. The quantitative estimate of drug-likeness (QED) is 0.888. The second kappa shape index (κ2) is 6.52. The predicted octanol–water partition coefficient (Wildman–Crippen LogP) is 3.37. The van der Waals surface area contributed by atoms with Crippen molar-refractivity contribution in [2.24, 2.45) is 0 Å². The second-order valence-electron chi connectivity index (χ2n) is 5.52. The lowest BCUT2D eigenvalue weighted by Crippen LogP contribution is -2.10. The lowest BCUT2D eigenvalue weighted by atomic mass is 9.95. The van der Waals surface area contributed by atoms with Crippen LogP contribution >= 0.6 is 0 Å². The molecule has 0 bridgehead atoms. The van der Waals surface area contributed by atoms with E-state index in [0.717, 1.165) is 28.7 Å². The first-order valence-corrected chi connectivity index (χ1v) is 7.10. The highest BCUT2D eigenvalue weighted by atomic mass is 16.5. The minimum Gasteiger partial charge on any atom is -0.508 e. The molecule has 0 amide bonds. The van der Waals surface area contributed by atoms with Gasteiger partial charge in [-0.05, 0) is 73.2 Å². The van der Waals surface area contributed by atoms with Crippen LogP contribution in [0.1, 0.15) is 27.8 Å². The number of phenolic OH excluding ortho intramolecular Hbond substituents is 1. The van der Waals surface area contributed by atoms with Crippen molar-refractivity contribution >= 4 is 5.97 Å². The van der Waals surface area contributed by atoms with Crippen molar-refractivity contribution in [1.29, 1.82) is 0 Å². The van der Waals surface area contributed by atoms with Crippen LogP contribution in [0.2, 0.25) is 0 Å². The maximum atomic E-state index is 10.6. The molecule has 0 unspecified atom stereocenters. The zero-order valence-electron chi connectivity index (χ0n) is 13.0. The van der Waals surface area contributed by atoms with Gasteiger partial charge in [0.15, 0.2) is 6.61 Å². The Morgan fingerprint density at radius 3 is 2.23 bits per heavy atom. The summed E-state index contributed by atoms with van der Waals surface area (Å²) in [4.78, 5) is 10.6. The van der Waals surface area contributed by atoms with Crippen LogP contribution in [-0.4, -0.2) is 22.8 Å². The number of hydrogen-bond acceptors (Lipinski definition) is 3. The molecular formula is C18H20O4. The Morgan fingerprint density at radius 2 is 1.68 bits per heavy atom. The third-order valence-corrected chi connectivity index (χ3v) is 3.67. The van der Waals surface area contributed by atoms with Gasteiger partial charge >= 0.3 is 5.97 Å². The molecule has 0 atom stereocenters. The van der Waals surface area contributed by atoms with Crippen molar-refractivity contribution in [2.75, 3.05) is 6.61 Å². The second-order valence-corrected chi connectivity index (χ2v) is 5.52. The van der Waals surface area contributed by atoms with Crippen LogP contribution in [0.3, 0.4) is 0 Å². The molecule has 4 heteroatoms. The van der Waals surface area contributed by atoms with E-state index in [1.54, 1.807) is 6.07 Å². The number of benzene rings is 2. The highest BCUT2D eigenvalue weighted by molar-refractivity contribution is 5.68. The fraction of sp³-hybridized carbons (Fsp3) is 0.278. The molecule has 0 radical (unpaired) electrons. The molecule has 0 heterocycles. The molecule has 0 spiro atoms. The fourth-order valence-electron chi connectivity index (χ4n) is 2.49. The Morgan fingerprint density at radius 1 is 1.05 bits per heavy atom. The van der Waals surface area contributed by atoms with E-state index < -0.39 is 5.97 Å². The van der Waals surface area contributed by atoms with Gasteiger partial charge in [-0.1, -0.05) is 12.1 Å². The van der Waals surface area contributed by atoms with Gasteiger partial charge in [0, 0.05) is 0 Å². The van der Waals surface area contributed by atoms with E-state index in [4.69, 9.17) is 9.84 Å². The molecule has 0 aliphatic carbocycles. The largest absolute Gasteiger partial charge is 0.508 e. The number of carbonyl (C=O) groups is 1. The van der Waals surface area contributed by atoms with Gasteiger partial charge in [0.1, 0.15) is 11.5 Å². The molecule has 0 saturated heterocycles. The highest BCUT2D eigenvalue weighted by Crippen LogP contribution is 2.26. The number of carboxylic acids is 1. The highest BCUT2D eigenvalue weighted by Gasteiger charge is 2.09. The Hall–Kier alpha value is -2.49. The normalized spacial score (nSPS) is 10.5. The minimum absolute atomic E-state index is 0.301. The summed E-state index contributed by atoms with van der Waals surface area (Å²) in [5.41, 5.74) is 5.29. The summed E-state index contributed by atoms with van der Waals surface area (Å²) in [6.07, 6.45) is 0.762. The summed E-state index contributed by atoms with van der Waals surface area (Å²) < 4.78 is 5.24. The van der Waals surface area contributed by atoms with Crippen molar-refractivity contribution in [3.63, 3.8) is 0 Å². The third-order valence-electron chi connectivity index (χ3n) is 3.67. The van der Waals surface area contributed by atoms with Crippen LogP contribution in [0.5, 0.6) is 11.5 Å². The molecule has 0 aliphatic heterocycles. The van der Waals surface area contributed by atoms with Gasteiger partial charge in [-0.15, -0.1) is 0 Å². The smallest absolute Gasteiger partial charge is 0.341 e. The maximum Gasteiger partial charge on any atom is 0.341 e. The monoisotopic (exact) mass is 300 g/mol. The van der Waals surface area contributed by atoms with Crippen LogP contribution in [0.25, 0.3) is 0 Å². The molecule has 2 rings (SSSR count). The lowest BCUT2D eigenvalue weighted by Gasteiger charge is -2.13. The molecule has 0 aromatic heterocycles. The van der Waals surface area contributed by atoms with E-state index in [-0.39, 0.29) is 6.61 Å². The van der Waals surface area contributed by atoms with Crippen LogP contribution < -0.4 is 4.74 Å². The Balaban J connectivity index is 2.24. The number of rotatable bonds is 5. The Labute approximate surface area is 130 Å². The van der Waals surface area contributed by atoms with Gasteiger partial charge in [-0.3, -0.25) is 0 Å². The van der Waals surface area contributed by atoms with Crippen molar-refractivity contribution in [3.05, 3.63) is 58.1 Å². The van der Waals surface area contributed by atoms with Gasteiger partial charge in [-0.25, -0.2) is 4.79 Å². The zero-order valence-corrected chi connectivity index (χ0v) is 13.0. The summed E-state index contributed by atoms with van der Waals surface area (Å²) in [5.74, 6) is -0.114. The van der Waals surface area contributed by atoms with E-state index >= 15 is 0 Å². The van der Waals surface area contributed by atoms with Crippen molar-refractivity contribution in [3.8, 4) is 11.5 Å². The molecule has 0 saturated carbocycles. The van der Waals surface area contributed by atoms with Gasteiger partial charge in [0.2, 0.25) is 0 Å². The minimum atomic E-state index is -0.987. The first kappa shape index (κ1) is 15.9. The fourth-order valence-corrected chi connectivity index (χ4v) is 2.49. The van der Waals surface area contributed by atoms with E-state index in [0.29, 0.717) is 11.5 Å². The van der Waals surface area contributed by atoms with Crippen LogP contribution in [0.4, 0.5) is 0 Å². The van der Waals surface area contributed by atoms with Gasteiger partial charge in [0.05, 0.1) is 0 Å². The maximum absolute atomic E-state index is 10.6. The Bertz CT molecular complexity index is 681. The summed E-state index contributed by atoms with van der Waals surface area (Å²) in [7, 11) is 0. The summed E-state index contributed by atoms with van der Waals surface area (Å²) in [6, 6.07) is 9.32. The average molecular weight is 300 g/mol. The predicted molar refractivity (Wildman–Crippen MR) is 84.7 cm³/mol. The molecule has 0 aliphatic rings. The molecule has 2 aromatic carbocycles. The van der Waals surface area contributed by atoms with Gasteiger partial charge in [0.25, 0.3) is 0 Å². The molecular weight excluding hydrogens is 280 g/mol. The van der Waals surface area contributed by atoms with E-state index in [9.17, 15) is 9.90 Å². The number of ether oxygens (including phenoxy) is 1. The SMILES string of the molecule is Cc1cc(Cc2c(C)cc(OCC(=O)O)cc2C)ccc1O. The Kier molecular flexibility index (Phi) is 4.71. The average Bonchev–Trinajstić information content (AvgIpc) is 2.44. The first-order chi connectivity index (χ1) is 10.4. The zero-order chi connectivity index (χ0) is 16.3. The van der Waals surface area contributed by atoms with E-state index in [1.807, 2.05) is 45.0 Å². The van der Waals surface area contributed by atoms with Crippen LogP contribution in [0.15, 0.2) is 30.3 Å². The first-order valence-electron chi connectivity index (χ1n) is 7.10. The van der Waals surface area contributed by atoms with Crippen molar-refractivity contribution in [1.82, 2.24) is 0 Å². The number of aryl methyl sites for hydroxylation is 3. The van der Waals surface area contributed by atoms with Gasteiger partial charge < -0.3 is 14.9 Å². The third kappa shape index (κ3) is 3.79. The number of aliphatic carboxylic acids is 1. The van der Waals surface area contributed by atoms with E-state index in [2.05, 4.69) is 0 Å². The molecule has 0 fully saturated rings. The van der Waals surface area contributed by atoms with E-state index in [1.165, 1.54) is 5.56 Å². The molecule has 2 N–H and O–H groups in total. The number of aromatic hydroxyl groups is 1. The standard InChI is InChI=1S/C18H20O4/c1-11-7-15(22-10-18(20)21)8-12(2)16(11)9-14-4-5-17(19)13(3)6-14/h4-8,19H,9-10H2,1-3H3,(H,20,21). The van der Waals surface area contributed by atoms with Gasteiger partial charge in [-0.2, -0.15) is 0 Å². The molecule has 2 aromatic rings. The van der Waals surface area contributed by atoms with Crippen molar-refractivity contribution in [2.45, 2.75) is 27.2 Å². The topological polar surface area (TPSA) is 66.8 Å². The molecule has 116 valence electrons. The number of hydrogen-bond donors (Lipinski definition) is 2. The number of phenols is 1.